The summed E-state index contributed by atoms with van der Waals surface area (Å²) < 4.78 is 4.25. The van der Waals surface area contributed by atoms with Crippen LogP contribution in [0, 0.1) is 0 Å². The summed E-state index contributed by atoms with van der Waals surface area (Å²) in [6, 6.07) is 13.1. The van der Waals surface area contributed by atoms with Gasteiger partial charge in [0.05, 0.1) is 0 Å². The molecule has 0 N–H and O–H groups in total. The van der Waals surface area contributed by atoms with Crippen molar-refractivity contribution in [3.63, 3.8) is 0 Å². The summed E-state index contributed by atoms with van der Waals surface area (Å²) in [4.78, 5) is 0. The fourth-order valence-corrected chi connectivity index (χ4v) is 2.34. The van der Waals surface area contributed by atoms with E-state index in [0.29, 0.717) is 0 Å². The van der Waals surface area contributed by atoms with Crippen molar-refractivity contribution in [3.8, 4) is 11.1 Å². The third-order valence-electron chi connectivity index (χ3n) is 3.51. The van der Waals surface area contributed by atoms with Gasteiger partial charge in [-0.2, -0.15) is 0 Å². The second-order valence-corrected chi connectivity index (χ2v) is 4.87. The predicted octanol–water partition coefficient (Wildman–Crippen LogP) is 2.64. The number of hydrogen-bond acceptors (Lipinski definition) is 0. The summed E-state index contributed by atoms with van der Waals surface area (Å²) in [5.41, 5.74) is 2.53. The standard InChI is InChI=1S/C17H18N2/c1-3-19-10-7-14(8-11-19)15-4-5-17-13-18(2)9-6-16(17)12-15/h4-13H,3H2,1-2H3/q+2. The van der Waals surface area contributed by atoms with Crippen LogP contribution in [0.4, 0.5) is 0 Å². The Hall–Kier alpha value is -2.22. The van der Waals surface area contributed by atoms with Crippen molar-refractivity contribution in [2.45, 2.75) is 13.5 Å². The smallest absolute Gasteiger partial charge is 0.176 e. The first kappa shape index (κ1) is 11.8. The first-order chi connectivity index (χ1) is 9.26. The maximum Gasteiger partial charge on any atom is 0.176 e. The van der Waals surface area contributed by atoms with Crippen LogP contribution in [0.1, 0.15) is 6.92 Å². The van der Waals surface area contributed by atoms with E-state index >= 15 is 0 Å². The van der Waals surface area contributed by atoms with Crippen molar-refractivity contribution in [1.29, 1.82) is 0 Å². The second-order valence-electron chi connectivity index (χ2n) is 4.87. The molecule has 0 saturated heterocycles. The third kappa shape index (κ3) is 2.34. The van der Waals surface area contributed by atoms with Gasteiger partial charge in [-0.1, -0.05) is 6.07 Å². The molecular weight excluding hydrogens is 232 g/mol. The Labute approximate surface area is 113 Å². The zero-order chi connectivity index (χ0) is 13.2. The summed E-state index contributed by atoms with van der Waals surface area (Å²) >= 11 is 0. The lowest BCUT2D eigenvalue weighted by molar-refractivity contribution is -0.693. The molecule has 2 aromatic heterocycles. The van der Waals surface area contributed by atoms with Crippen molar-refractivity contribution in [3.05, 3.63) is 61.2 Å². The average Bonchev–Trinajstić information content (AvgIpc) is 2.47. The van der Waals surface area contributed by atoms with E-state index in [4.69, 9.17) is 0 Å². The number of benzene rings is 1. The minimum Gasteiger partial charge on any atom is -0.207 e. The van der Waals surface area contributed by atoms with Gasteiger partial charge < -0.3 is 0 Å². The van der Waals surface area contributed by atoms with Gasteiger partial charge in [0, 0.05) is 23.6 Å². The minimum absolute atomic E-state index is 1.01. The maximum atomic E-state index is 2.25. The van der Waals surface area contributed by atoms with E-state index in [0.717, 1.165) is 6.54 Å². The molecule has 2 heterocycles. The van der Waals surface area contributed by atoms with Gasteiger partial charge in [-0.05, 0) is 35.6 Å². The van der Waals surface area contributed by atoms with Crippen molar-refractivity contribution < 1.29 is 9.13 Å². The highest BCUT2D eigenvalue weighted by Gasteiger charge is 2.04. The molecule has 0 bridgehead atoms. The zero-order valence-electron chi connectivity index (χ0n) is 11.4. The van der Waals surface area contributed by atoms with E-state index in [1.807, 2.05) is 7.05 Å². The Bertz CT molecular complexity index is 715. The Morgan fingerprint density at radius 1 is 0.842 bits per heavy atom. The van der Waals surface area contributed by atoms with E-state index in [2.05, 4.69) is 77.2 Å². The van der Waals surface area contributed by atoms with Crippen molar-refractivity contribution in [1.82, 2.24) is 0 Å². The van der Waals surface area contributed by atoms with E-state index in [1.165, 1.54) is 21.9 Å². The normalized spacial score (nSPS) is 10.8. The molecule has 1 aromatic carbocycles. The van der Waals surface area contributed by atoms with Crippen LogP contribution < -0.4 is 9.13 Å². The molecule has 3 aromatic rings. The number of nitrogens with zero attached hydrogens (tertiary/aromatic N) is 2. The molecule has 3 rings (SSSR count). The predicted molar refractivity (Wildman–Crippen MR) is 76.4 cm³/mol. The summed E-state index contributed by atoms with van der Waals surface area (Å²) in [5, 5.41) is 2.55. The highest BCUT2D eigenvalue weighted by molar-refractivity contribution is 5.85. The van der Waals surface area contributed by atoms with E-state index in [1.54, 1.807) is 0 Å². The molecular formula is C17H18N2+2. The zero-order valence-corrected chi connectivity index (χ0v) is 11.4. The van der Waals surface area contributed by atoms with Crippen molar-refractivity contribution >= 4 is 10.8 Å². The number of fused-ring (bicyclic) bond motifs is 1. The van der Waals surface area contributed by atoms with Crippen LogP contribution >= 0.6 is 0 Å². The van der Waals surface area contributed by atoms with Crippen LogP contribution in [-0.2, 0) is 13.6 Å². The fourth-order valence-electron chi connectivity index (χ4n) is 2.34. The van der Waals surface area contributed by atoms with Crippen LogP contribution in [0.15, 0.2) is 61.2 Å². The van der Waals surface area contributed by atoms with Crippen molar-refractivity contribution in [2.24, 2.45) is 7.05 Å². The van der Waals surface area contributed by atoms with Crippen LogP contribution in [0.5, 0.6) is 0 Å². The fraction of sp³-hybridized carbons (Fsp3) is 0.176. The molecule has 0 saturated carbocycles. The first-order valence-corrected chi connectivity index (χ1v) is 6.65. The molecule has 0 aliphatic rings. The van der Waals surface area contributed by atoms with Crippen LogP contribution in [0.2, 0.25) is 0 Å². The van der Waals surface area contributed by atoms with Gasteiger partial charge in [0.1, 0.15) is 13.6 Å². The highest BCUT2D eigenvalue weighted by Crippen LogP contribution is 2.22. The minimum atomic E-state index is 1.01. The molecule has 2 nitrogen and oxygen atoms in total. The van der Waals surface area contributed by atoms with Gasteiger partial charge in [-0.3, -0.25) is 0 Å². The molecule has 0 amide bonds. The summed E-state index contributed by atoms with van der Waals surface area (Å²) in [6.07, 6.45) is 8.49. The van der Waals surface area contributed by atoms with E-state index < -0.39 is 0 Å². The molecule has 0 atom stereocenters. The quantitative estimate of drug-likeness (QED) is 0.618. The Kier molecular flexibility index (Phi) is 3.00. The molecule has 0 aliphatic heterocycles. The van der Waals surface area contributed by atoms with Gasteiger partial charge in [-0.25, -0.2) is 9.13 Å². The number of aryl methyl sites for hydroxylation is 2. The molecule has 0 aliphatic carbocycles. The van der Waals surface area contributed by atoms with Crippen LogP contribution in [0.25, 0.3) is 21.9 Å². The largest absolute Gasteiger partial charge is 0.207 e. The lowest BCUT2D eigenvalue weighted by Gasteiger charge is -2.02. The Balaban J connectivity index is 2.06. The Morgan fingerprint density at radius 3 is 2.37 bits per heavy atom. The molecule has 94 valence electrons. The van der Waals surface area contributed by atoms with Gasteiger partial charge in [0.15, 0.2) is 24.8 Å². The molecule has 2 heteroatoms. The molecule has 19 heavy (non-hydrogen) atoms. The first-order valence-electron chi connectivity index (χ1n) is 6.65. The highest BCUT2D eigenvalue weighted by atomic mass is 14.9. The third-order valence-corrected chi connectivity index (χ3v) is 3.51. The lowest BCUT2D eigenvalue weighted by Crippen LogP contribution is -2.30. The topological polar surface area (TPSA) is 7.76 Å². The maximum absolute atomic E-state index is 2.25. The number of hydrogen-bond donors (Lipinski definition) is 0. The van der Waals surface area contributed by atoms with Gasteiger partial charge in [0.25, 0.3) is 0 Å². The number of pyridine rings is 2. The van der Waals surface area contributed by atoms with E-state index in [-0.39, 0.29) is 0 Å². The molecule has 0 fully saturated rings. The van der Waals surface area contributed by atoms with Crippen LogP contribution in [-0.4, -0.2) is 0 Å². The SMILES string of the molecule is CC[n+]1ccc(-c2ccc3c[n+](C)ccc3c2)cc1. The summed E-state index contributed by atoms with van der Waals surface area (Å²) in [7, 11) is 2.05. The van der Waals surface area contributed by atoms with E-state index in [9.17, 15) is 0 Å². The second kappa shape index (κ2) is 4.81. The van der Waals surface area contributed by atoms with Crippen molar-refractivity contribution in [2.75, 3.05) is 0 Å². The summed E-state index contributed by atoms with van der Waals surface area (Å²) in [5.74, 6) is 0. The molecule has 0 spiro atoms. The van der Waals surface area contributed by atoms with Crippen LogP contribution in [0.3, 0.4) is 0 Å². The number of rotatable bonds is 2. The Morgan fingerprint density at radius 2 is 1.63 bits per heavy atom. The van der Waals surface area contributed by atoms with Gasteiger partial charge in [0.2, 0.25) is 0 Å². The monoisotopic (exact) mass is 250 g/mol. The average molecular weight is 250 g/mol. The number of aromatic nitrogens is 2. The van der Waals surface area contributed by atoms with Gasteiger partial charge >= 0.3 is 0 Å². The molecule has 0 unspecified atom stereocenters. The lowest BCUT2D eigenvalue weighted by atomic mass is 10.0. The summed E-state index contributed by atoms with van der Waals surface area (Å²) in [6.45, 7) is 3.16. The molecule has 0 radical (unpaired) electrons. The van der Waals surface area contributed by atoms with Gasteiger partial charge in [-0.15, -0.1) is 0 Å².